The number of hydrogen-bond acceptors (Lipinski definition) is 3. The monoisotopic (exact) mass is 643 g/mol. The molecular formula is C46H29NOS. The van der Waals surface area contributed by atoms with Gasteiger partial charge in [-0.3, -0.25) is 0 Å². The highest BCUT2D eigenvalue weighted by molar-refractivity contribution is 7.26. The van der Waals surface area contributed by atoms with Crippen LogP contribution in [-0.2, 0) is 0 Å². The Labute approximate surface area is 287 Å². The molecule has 0 bridgehead atoms. The molecule has 0 aliphatic heterocycles. The van der Waals surface area contributed by atoms with Gasteiger partial charge in [-0.2, -0.15) is 0 Å². The average molecular weight is 644 g/mol. The van der Waals surface area contributed by atoms with Gasteiger partial charge in [0.2, 0.25) is 0 Å². The van der Waals surface area contributed by atoms with Gasteiger partial charge in [0.25, 0.3) is 0 Å². The summed E-state index contributed by atoms with van der Waals surface area (Å²) in [5.41, 5.74) is 9.83. The number of anilines is 3. The number of benzene rings is 8. The summed E-state index contributed by atoms with van der Waals surface area (Å²) in [6, 6.07) is 63.0. The molecule has 0 aliphatic carbocycles. The topological polar surface area (TPSA) is 16.4 Å². The molecule has 10 aromatic rings. The second-order valence-electron chi connectivity index (χ2n) is 12.5. The van der Waals surface area contributed by atoms with Crippen LogP contribution in [0.5, 0.6) is 0 Å². The molecule has 2 heterocycles. The summed E-state index contributed by atoms with van der Waals surface area (Å²) in [6.07, 6.45) is 0. The third-order valence-electron chi connectivity index (χ3n) is 9.66. The van der Waals surface area contributed by atoms with Crippen molar-refractivity contribution in [3.05, 3.63) is 176 Å². The average Bonchev–Trinajstić information content (AvgIpc) is 3.75. The van der Waals surface area contributed by atoms with Crippen LogP contribution in [0.4, 0.5) is 17.1 Å². The van der Waals surface area contributed by atoms with Crippen LogP contribution in [0.25, 0.3) is 75.1 Å². The van der Waals surface area contributed by atoms with Gasteiger partial charge in [-0.1, -0.05) is 127 Å². The van der Waals surface area contributed by atoms with Gasteiger partial charge in [0, 0.05) is 31.2 Å². The Morgan fingerprint density at radius 2 is 0.980 bits per heavy atom. The molecule has 0 radical (unpaired) electrons. The lowest BCUT2D eigenvalue weighted by atomic mass is 9.94. The van der Waals surface area contributed by atoms with Crippen LogP contribution in [0.15, 0.2) is 180 Å². The molecule has 2 aromatic heterocycles. The highest BCUT2D eigenvalue weighted by Gasteiger charge is 2.24. The van der Waals surface area contributed by atoms with E-state index >= 15 is 0 Å². The van der Waals surface area contributed by atoms with Crippen molar-refractivity contribution in [2.75, 3.05) is 4.90 Å². The van der Waals surface area contributed by atoms with E-state index < -0.39 is 0 Å². The Bertz CT molecular complexity index is 2810. The Morgan fingerprint density at radius 3 is 1.76 bits per heavy atom. The maximum absolute atomic E-state index is 6.78. The Hall–Kier alpha value is -6.16. The third kappa shape index (κ3) is 4.47. The van der Waals surface area contributed by atoms with Crippen molar-refractivity contribution in [3.63, 3.8) is 0 Å². The summed E-state index contributed by atoms with van der Waals surface area (Å²) in [5, 5.41) is 7.17. The molecule has 0 saturated heterocycles. The Kier molecular flexibility index (Phi) is 6.39. The van der Waals surface area contributed by atoms with Gasteiger partial charge in [-0.05, 0) is 81.6 Å². The summed E-state index contributed by atoms with van der Waals surface area (Å²) < 4.78 is 9.34. The van der Waals surface area contributed by atoms with Gasteiger partial charge in [0.05, 0.1) is 16.8 Å². The van der Waals surface area contributed by atoms with Crippen molar-refractivity contribution in [1.82, 2.24) is 0 Å². The van der Waals surface area contributed by atoms with Gasteiger partial charge in [-0.15, -0.1) is 11.3 Å². The number of nitrogens with zero attached hydrogens (tertiary/aromatic N) is 1. The highest BCUT2D eigenvalue weighted by atomic mass is 32.1. The first-order valence-electron chi connectivity index (χ1n) is 16.6. The fourth-order valence-electron chi connectivity index (χ4n) is 7.49. The van der Waals surface area contributed by atoms with Gasteiger partial charge >= 0.3 is 0 Å². The van der Waals surface area contributed by atoms with E-state index in [9.17, 15) is 0 Å². The molecule has 3 heteroatoms. The standard InChI is InChI=1S/C46H29NOS/c1-3-13-30(14-4-1)31-25-27-33(28-26-31)47(38-21-12-24-43-44(38)36-19-9-10-23-42(36)49-43)39-20-11-22-40-46(39)45-35-18-8-7-17-34(35)37(29-41(45)48-40)32-15-5-2-6-16-32/h1-29H. The molecule has 0 unspecified atom stereocenters. The zero-order valence-electron chi connectivity index (χ0n) is 26.5. The molecule has 0 amide bonds. The SMILES string of the molecule is c1ccc(-c2ccc(N(c3cccc4sc5ccccc5c34)c3cccc4oc5cc(-c6ccccc6)c6ccccc6c5c34)cc2)cc1. The number of fused-ring (bicyclic) bond motifs is 8. The van der Waals surface area contributed by atoms with Crippen molar-refractivity contribution in [2.45, 2.75) is 0 Å². The van der Waals surface area contributed by atoms with Crippen LogP contribution >= 0.6 is 11.3 Å². The summed E-state index contributed by atoms with van der Waals surface area (Å²) in [5.74, 6) is 0. The van der Waals surface area contributed by atoms with E-state index in [1.165, 1.54) is 53.2 Å². The van der Waals surface area contributed by atoms with Gasteiger partial charge < -0.3 is 9.32 Å². The van der Waals surface area contributed by atoms with Crippen LogP contribution in [-0.4, -0.2) is 0 Å². The van der Waals surface area contributed by atoms with Crippen molar-refractivity contribution < 1.29 is 4.42 Å². The molecule has 10 rings (SSSR count). The first-order chi connectivity index (χ1) is 24.3. The number of thiophene rings is 1. The highest BCUT2D eigenvalue weighted by Crippen LogP contribution is 2.49. The normalized spacial score (nSPS) is 11.7. The number of rotatable bonds is 5. The van der Waals surface area contributed by atoms with E-state index in [1.807, 2.05) is 11.3 Å². The van der Waals surface area contributed by atoms with E-state index in [0.717, 1.165) is 39.0 Å². The molecule has 0 saturated carbocycles. The molecule has 0 spiro atoms. The quantitative estimate of drug-likeness (QED) is 0.186. The fraction of sp³-hybridized carbons (Fsp3) is 0. The maximum Gasteiger partial charge on any atom is 0.137 e. The van der Waals surface area contributed by atoms with Crippen molar-refractivity contribution >= 4 is 81.3 Å². The van der Waals surface area contributed by atoms with Crippen LogP contribution in [0.2, 0.25) is 0 Å². The molecule has 0 atom stereocenters. The summed E-state index contributed by atoms with van der Waals surface area (Å²) in [7, 11) is 0. The van der Waals surface area contributed by atoms with Gasteiger partial charge in [-0.25, -0.2) is 0 Å². The van der Waals surface area contributed by atoms with Crippen LogP contribution in [0.3, 0.4) is 0 Å². The maximum atomic E-state index is 6.78. The molecule has 0 fully saturated rings. The minimum Gasteiger partial charge on any atom is -0.456 e. The van der Waals surface area contributed by atoms with Gasteiger partial charge in [0.1, 0.15) is 11.2 Å². The summed E-state index contributed by atoms with van der Waals surface area (Å²) >= 11 is 1.85. The summed E-state index contributed by atoms with van der Waals surface area (Å²) in [6.45, 7) is 0. The Balaban J connectivity index is 1.29. The van der Waals surface area contributed by atoms with Crippen molar-refractivity contribution in [3.8, 4) is 22.3 Å². The van der Waals surface area contributed by atoms with Crippen molar-refractivity contribution in [1.29, 1.82) is 0 Å². The van der Waals surface area contributed by atoms with E-state index in [2.05, 4.69) is 181 Å². The molecule has 0 aliphatic rings. The molecule has 230 valence electrons. The lowest BCUT2D eigenvalue weighted by Gasteiger charge is -2.27. The predicted octanol–water partition coefficient (Wildman–Crippen LogP) is 13.9. The first kappa shape index (κ1) is 27.9. The zero-order valence-corrected chi connectivity index (χ0v) is 27.3. The molecular weight excluding hydrogens is 615 g/mol. The first-order valence-corrected chi connectivity index (χ1v) is 17.4. The van der Waals surface area contributed by atoms with E-state index in [0.29, 0.717) is 0 Å². The third-order valence-corrected chi connectivity index (χ3v) is 10.8. The molecule has 0 N–H and O–H groups in total. The smallest absolute Gasteiger partial charge is 0.137 e. The Morgan fingerprint density at radius 1 is 0.388 bits per heavy atom. The predicted molar refractivity (Wildman–Crippen MR) is 210 cm³/mol. The minimum atomic E-state index is 0.871. The lowest BCUT2D eigenvalue weighted by molar-refractivity contribution is 0.669. The summed E-state index contributed by atoms with van der Waals surface area (Å²) in [4.78, 5) is 2.44. The molecule has 49 heavy (non-hydrogen) atoms. The second kappa shape index (κ2) is 11.2. The fourth-order valence-corrected chi connectivity index (χ4v) is 8.62. The van der Waals surface area contributed by atoms with Crippen LogP contribution < -0.4 is 4.90 Å². The number of hydrogen-bond donors (Lipinski definition) is 0. The van der Waals surface area contributed by atoms with Gasteiger partial charge in [0.15, 0.2) is 0 Å². The largest absolute Gasteiger partial charge is 0.456 e. The van der Waals surface area contributed by atoms with E-state index in [4.69, 9.17) is 4.42 Å². The van der Waals surface area contributed by atoms with E-state index in [-0.39, 0.29) is 0 Å². The molecule has 8 aromatic carbocycles. The second-order valence-corrected chi connectivity index (χ2v) is 13.5. The van der Waals surface area contributed by atoms with Crippen LogP contribution in [0, 0.1) is 0 Å². The van der Waals surface area contributed by atoms with Crippen LogP contribution in [0.1, 0.15) is 0 Å². The lowest BCUT2D eigenvalue weighted by Crippen LogP contribution is -2.10. The minimum absolute atomic E-state index is 0.871. The van der Waals surface area contributed by atoms with E-state index in [1.54, 1.807) is 0 Å². The zero-order chi connectivity index (χ0) is 32.3. The number of furan rings is 1. The van der Waals surface area contributed by atoms with Crippen molar-refractivity contribution in [2.24, 2.45) is 0 Å². The molecule has 2 nitrogen and oxygen atoms in total.